The Labute approximate surface area is 88.4 Å². The zero-order valence-corrected chi connectivity index (χ0v) is 8.62. The molecule has 0 spiro atoms. The summed E-state index contributed by atoms with van der Waals surface area (Å²) in [6, 6.07) is 5.41. The van der Waals surface area contributed by atoms with Crippen molar-refractivity contribution >= 4 is 5.91 Å². The SMILES string of the molecule is Cc1ccc(OC2CNC2)cc1C(N)=O. The van der Waals surface area contributed by atoms with Crippen molar-refractivity contribution in [3.63, 3.8) is 0 Å². The van der Waals surface area contributed by atoms with Gasteiger partial charge in [-0.1, -0.05) is 6.07 Å². The van der Waals surface area contributed by atoms with Crippen molar-refractivity contribution in [1.29, 1.82) is 0 Å². The highest BCUT2D eigenvalue weighted by Crippen LogP contribution is 2.19. The number of hydrogen-bond acceptors (Lipinski definition) is 3. The van der Waals surface area contributed by atoms with E-state index in [1.165, 1.54) is 0 Å². The molecule has 1 aliphatic heterocycles. The first-order valence-electron chi connectivity index (χ1n) is 4.94. The van der Waals surface area contributed by atoms with Gasteiger partial charge in [-0.15, -0.1) is 0 Å². The molecule has 0 atom stereocenters. The minimum Gasteiger partial charge on any atom is -0.488 e. The maximum Gasteiger partial charge on any atom is 0.249 e. The summed E-state index contributed by atoms with van der Waals surface area (Å²) in [5.41, 5.74) is 6.66. The van der Waals surface area contributed by atoms with Gasteiger partial charge in [-0.3, -0.25) is 4.79 Å². The number of benzene rings is 1. The van der Waals surface area contributed by atoms with Crippen molar-refractivity contribution in [3.05, 3.63) is 29.3 Å². The topological polar surface area (TPSA) is 64.3 Å². The van der Waals surface area contributed by atoms with Gasteiger partial charge in [0.15, 0.2) is 0 Å². The van der Waals surface area contributed by atoms with Crippen LogP contribution in [-0.2, 0) is 0 Å². The number of nitrogens with one attached hydrogen (secondary N) is 1. The third kappa shape index (κ3) is 2.10. The molecule has 1 aromatic rings. The molecular formula is C11H14N2O2. The first-order valence-corrected chi connectivity index (χ1v) is 4.94. The molecular weight excluding hydrogens is 192 g/mol. The lowest BCUT2D eigenvalue weighted by Gasteiger charge is -2.28. The number of hydrogen-bond donors (Lipinski definition) is 2. The van der Waals surface area contributed by atoms with E-state index in [2.05, 4.69) is 5.32 Å². The Morgan fingerprint density at radius 2 is 2.27 bits per heavy atom. The molecule has 1 fully saturated rings. The average Bonchev–Trinajstić information content (AvgIpc) is 2.13. The lowest BCUT2D eigenvalue weighted by atomic mass is 10.1. The van der Waals surface area contributed by atoms with Crippen LogP contribution in [0.4, 0.5) is 0 Å². The van der Waals surface area contributed by atoms with Gasteiger partial charge in [-0.25, -0.2) is 0 Å². The minimum absolute atomic E-state index is 0.216. The average molecular weight is 206 g/mol. The Hall–Kier alpha value is -1.55. The minimum atomic E-state index is -0.412. The van der Waals surface area contributed by atoms with Crippen molar-refractivity contribution in [2.24, 2.45) is 5.73 Å². The molecule has 15 heavy (non-hydrogen) atoms. The zero-order chi connectivity index (χ0) is 10.8. The van der Waals surface area contributed by atoms with Crippen LogP contribution in [0.2, 0.25) is 0 Å². The molecule has 80 valence electrons. The van der Waals surface area contributed by atoms with Gasteiger partial charge in [0.05, 0.1) is 0 Å². The molecule has 1 saturated heterocycles. The van der Waals surface area contributed by atoms with Crippen LogP contribution in [-0.4, -0.2) is 25.1 Å². The van der Waals surface area contributed by atoms with E-state index < -0.39 is 5.91 Å². The number of carbonyl (C=O) groups is 1. The van der Waals surface area contributed by atoms with E-state index in [9.17, 15) is 4.79 Å². The predicted molar refractivity (Wildman–Crippen MR) is 57.0 cm³/mol. The van der Waals surface area contributed by atoms with Gasteiger partial charge in [-0.2, -0.15) is 0 Å². The van der Waals surface area contributed by atoms with Gasteiger partial charge in [0.1, 0.15) is 11.9 Å². The normalized spacial score (nSPS) is 15.8. The van der Waals surface area contributed by atoms with Gasteiger partial charge < -0.3 is 15.8 Å². The number of rotatable bonds is 3. The summed E-state index contributed by atoms with van der Waals surface area (Å²) >= 11 is 0. The maximum absolute atomic E-state index is 11.1. The molecule has 0 unspecified atom stereocenters. The summed E-state index contributed by atoms with van der Waals surface area (Å²) in [5, 5.41) is 3.11. The maximum atomic E-state index is 11.1. The third-order valence-electron chi connectivity index (χ3n) is 2.52. The summed E-state index contributed by atoms with van der Waals surface area (Å²) in [5.74, 6) is 0.297. The molecule has 0 bridgehead atoms. The number of nitrogens with two attached hydrogens (primary N) is 1. The van der Waals surface area contributed by atoms with E-state index in [-0.39, 0.29) is 6.10 Å². The molecule has 3 N–H and O–H groups in total. The molecule has 0 radical (unpaired) electrons. The molecule has 1 aliphatic rings. The Kier molecular flexibility index (Phi) is 2.60. The largest absolute Gasteiger partial charge is 0.488 e. The lowest BCUT2D eigenvalue weighted by Crippen LogP contribution is -2.50. The number of amides is 1. The highest BCUT2D eigenvalue weighted by atomic mass is 16.5. The summed E-state index contributed by atoms with van der Waals surface area (Å²) in [6.45, 7) is 3.58. The lowest BCUT2D eigenvalue weighted by molar-refractivity contribution is 0.0998. The zero-order valence-electron chi connectivity index (χ0n) is 8.62. The van der Waals surface area contributed by atoms with Crippen LogP contribution < -0.4 is 15.8 Å². The highest BCUT2D eigenvalue weighted by molar-refractivity contribution is 5.94. The smallest absolute Gasteiger partial charge is 0.249 e. The molecule has 0 aliphatic carbocycles. The quantitative estimate of drug-likeness (QED) is 0.754. The van der Waals surface area contributed by atoms with Gasteiger partial charge in [0.2, 0.25) is 5.91 Å². The van der Waals surface area contributed by atoms with E-state index in [1.807, 2.05) is 19.1 Å². The van der Waals surface area contributed by atoms with E-state index in [1.54, 1.807) is 6.07 Å². The Balaban J connectivity index is 2.17. The van der Waals surface area contributed by atoms with E-state index >= 15 is 0 Å². The summed E-state index contributed by atoms with van der Waals surface area (Å²) in [4.78, 5) is 11.1. The molecule has 1 aromatic carbocycles. The van der Waals surface area contributed by atoms with Crippen LogP contribution >= 0.6 is 0 Å². The molecule has 4 heteroatoms. The van der Waals surface area contributed by atoms with Crippen LogP contribution in [0, 0.1) is 6.92 Å². The number of primary amides is 1. The van der Waals surface area contributed by atoms with Crippen molar-refractivity contribution in [1.82, 2.24) is 5.32 Å². The third-order valence-corrected chi connectivity index (χ3v) is 2.52. The first kappa shape index (κ1) is 9.98. The standard InChI is InChI=1S/C11H14N2O2/c1-7-2-3-8(4-10(7)11(12)14)15-9-5-13-6-9/h2-4,9,13H,5-6H2,1H3,(H2,12,14). The molecule has 4 nitrogen and oxygen atoms in total. The first-order chi connectivity index (χ1) is 7.16. The molecule has 1 heterocycles. The van der Waals surface area contributed by atoms with Gasteiger partial charge in [0.25, 0.3) is 0 Å². The summed E-state index contributed by atoms with van der Waals surface area (Å²) in [6.07, 6.45) is 0.216. The van der Waals surface area contributed by atoms with E-state index in [4.69, 9.17) is 10.5 Å². The van der Waals surface area contributed by atoms with Crippen molar-refractivity contribution in [2.45, 2.75) is 13.0 Å². The van der Waals surface area contributed by atoms with Crippen molar-refractivity contribution < 1.29 is 9.53 Å². The number of carbonyl (C=O) groups excluding carboxylic acids is 1. The van der Waals surface area contributed by atoms with E-state index in [0.29, 0.717) is 11.3 Å². The fraction of sp³-hybridized carbons (Fsp3) is 0.364. The van der Waals surface area contributed by atoms with Crippen LogP contribution in [0.5, 0.6) is 5.75 Å². The van der Waals surface area contributed by atoms with Crippen LogP contribution in [0.1, 0.15) is 15.9 Å². The van der Waals surface area contributed by atoms with Gasteiger partial charge >= 0.3 is 0 Å². The van der Waals surface area contributed by atoms with Crippen molar-refractivity contribution in [3.8, 4) is 5.75 Å². The molecule has 0 saturated carbocycles. The fourth-order valence-corrected chi connectivity index (χ4v) is 1.48. The van der Waals surface area contributed by atoms with Gasteiger partial charge in [0, 0.05) is 18.7 Å². The van der Waals surface area contributed by atoms with Crippen LogP contribution in [0.3, 0.4) is 0 Å². The predicted octanol–water partition coefficient (Wildman–Crippen LogP) is 0.445. The van der Waals surface area contributed by atoms with E-state index in [0.717, 1.165) is 18.7 Å². The second kappa shape index (κ2) is 3.90. The van der Waals surface area contributed by atoms with Crippen LogP contribution in [0.15, 0.2) is 18.2 Å². The Morgan fingerprint density at radius 1 is 1.53 bits per heavy atom. The number of ether oxygens (including phenoxy) is 1. The Bertz CT molecular complexity index is 386. The second-order valence-corrected chi connectivity index (χ2v) is 3.74. The fourth-order valence-electron chi connectivity index (χ4n) is 1.48. The molecule has 1 amide bonds. The summed E-state index contributed by atoms with van der Waals surface area (Å²) < 4.78 is 5.63. The van der Waals surface area contributed by atoms with Crippen molar-refractivity contribution in [2.75, 3.05) is 13.1 Å². The van der Waals surface area contributed by atoms with Gasteiger partial charge in [-0.05, 0) is 24.6 Å². The summed E-state index contributed by atoms with van der Waals surface area (Å²) in [7, 11) is 0. The molecule has 2 rings (SSSR count). The number of aryl methyl sites for hydroxylation is 1. The Morgan fingerprint density at radius 3 is 2.80 bits per heavy atom. The monoisotopic (exact) mass is 206 g/mol. The second-order valence-electron chi connectivity index (χ2n) is 3.74. The highest BCUT2D eigenvalue weighted by Gasteiger charge is 2.18. The molecule has 0 aromatic heterocycles. The van der Waals surface area contributed by atoms with Crippen LogP contribution in [0.25, 0.3) is 0 Å².